The van der Waals surface area contributed by atoms with E-state index in [-0.39, 0.29) is 11.8 Å². The minimum absolute atomic E-state index is 0.0534. The summed E-state index contributed by atoms with van der Waals surface area (Å²) in [6.07, 6.45) is 0. The molecule has 3 nitrogen and oxygen atoms in total. The van der Waals surface area contributed by atoms with E-state index in [2.05, 4.69) is 5.32 Å². The van der Waals surface area contributed by atoms with Crippen LogP contribution in [-0.4, -0.2) is 21.2 Å². The van der Waals surface area contributed by atoms with Gasteiger partial charge in [0.05, 0.1) is 10.6 Å². The van der Waals surface area contributed by atoms with Gasteiger partial charge in [0, 0.05) is 6.04 Å². The first-order chi connectivity index (χ1) is 9.94. The highest BCUT2D eigenvalue weighted by Crippen LogP contribution is 2.23. The van der Waals surface area contributed by atoms with Gasteiger partial charge in [0.25, 0.3) is 0 Å². The van der Waals surface area contributed by atoms with E-state index in [9.17, 15) is 8.42 Å². The largest absolute Gasteiger partial charge is 0.312 e. The van der Waals surface area contributed by atoms with Gasteiger partial charge in [0.2, 0.25) is 0 Å². The van der Waals surface area contributed by atoms with E-state index in [1.165, 1.54) is 0 Å². The molecule has 0 saturated carbocycles. The van der Waals surface area contributed by atoms with Gasteiger partial charge < -0.3 is 5.32 Å². The van der Waals surface area contributed by atoms with Crippen molar-refractivity contribution in [3.63, 3.8) is 0 Å². The van der Waals surface area contributed by atoms with Crippen molar-refractivity contribution in [2.75, 3.05) is 12.8 Å². The molecule has 0 spiro atoms. The van der Waals surface area contributed by atoms with Crippen LogP contribution in [0.4, 0.5) is 0 Å². The lowest BCUT2D eigenvalue weighted by molar-refractivity contribution is 0.573. The molecule has 112 valence electrons. The molecule has 0 aromatic heterocycles. The van der Waals surface area contributed by atoms with Crippen molar-refractivity contribution in [2.24, 2.45) is 0 Å². The summed E-state index contributed by atoms with van der Waals surface area (Å²) in [4.78, 5) is 0.429. The molecule has 2 aromatic rings. The standard InChI is InChI=1S/C17H21NO2S/c1-13-9-10-14(2)17(11-13)21(19,20)12-16(18-3)15-7-5-4-6-8-15/h4-11,16,18H,12H2,1-3H3. The molecule has 0 aliphatic rings. The fourth-order valence-corrected chi connectivity index (χ4v) is 4.28. The van der Waals surface area contributed by atoms with Crippen LogP contribution in [0.25, 0.3) is 0 Å². The maximum atomic E-state index is 12.7. The Morgan fingerprint density at radius 1 is 1.05 bits per heavy atom. The lowest BCUT2D eigenvalue weighted by atomic mass is 10.1. The Balaban J connectivity index is 2.34. The maximum absolute atomic E-state index is 12.7. The van der Waals surface area contributed by atoms with Crippen LogP contribution in [0.3, 0.4) is 0 Å². The Kier molecular flexibility index (Phi) is 4.80. The average Bonchev–Trinajstić information content (AvgIpc) is 2.48. The van der Waals surface area contributed by atoms with Crippen molar-refractivity contribution in [1.82, 2.24) is 5.32 Å². The highest BCUT2D eigenvalue weighted by Gasteiger charge is 2.23. The summed E-state index contributed by atoms with van der Waals surface area (Å²) < 4.78 is 25.4. The van der Waals surface area contributed by atoms with E-state index < -0.39 is 9.84 Å². The second-order valence-corrected chi connectivity index (χ2v) is 7.30. The van der Waals surface area contributed by atoms with Crippen molar-refractivity contribution in [2.45, 2.75) is 24.8 Å². The summed E-state index contributed by atoms with van der Waals surface area (Å²) in [5.74, 6) is 0.0534. The number of hydrogen-bond acceptors (Lipinski definition) is 3. The molecular weight excluding hydrogens is 282 g/mol. The number of nitrogens with one attached hydrogen (secondary N) is 1. The topological polar surface area (TPSA) is 46.2 Å². The molecule has 0 amide bonds. The third-order valence-corrected chi connectivity index (χ3v) is 5.50. The zero-order valence-corrected chi connectivity index (χ0v) is 13.4. The third kappa shape index (κ3) is 3.71. The second-order valence-electron chi connectivity index (χ2n) is 5.30. The number of sulfone groups is 1. The Labute approximate surface area is 126 Å². The normalized spacial score (nSPS) is 13.1. The molecule has 0 aliphatic carbocycles. The van der Waals surface area contributed by atoms with Crippen LogP contribution in [0.5, 0.6) is 0 Å². The highest BCUT2D eigenvalue weighted by molar-refractivity contribution is 7.91. The van der Waals surface area contributed by atoms with Gasteiger partial charge in [0.1, 0.15) is 0 Å². The molecule has 1 N–H and O–H groups in total. The van der Waals surface area contributed by atoms with Crippen molar-refractivity contribution in [1.29, 1.82) is 0 Å². The molecule has 2 rings (SSSR count). The molecule has 2 aromatic carbocycles. The van der Waals surface area contributed by atoms with E-state index in [0.29, 0.717) is 4.90 Å². The van der Waals surface area contributed by atoms with Gasteiger partial charge in [0.15, 0.2) is 9.84 Å². The fourth-order valence-electron chi connectivity index (χ4n) is 2.38. The number of rotatable bonds is 5. The van der Waals surface area contributed by atoms with Crippen LogP contribution >= 0.6 is 0 Å². The minimum atomic E-state index is -3.34. The minimum Gasteiger partial charge on any atom is -0.312 e. The van der Waals surface area contributed by atoms with Crippen LogP contribution < -0.4 is 5.32 Å². The predicted molar refractivity (Wildman–Crippen MR) is 86.2 cm³/mol. The lowest BCUT2D eigenvalue weighted by Crippen LogP contribution is -2.25. The molecule has 0 radical (unpaired) electrons. The zero-order valence-electron chi connectivity index (χ0n) is 12.6. The fraction of sp³-hybridized carbons (Fsp3) is 0.294. The van der Waals surface area contributed by atoms with Crippen LogP contribution in [0.1, 0.15) is 22.7 Å². The summed E-state index contributed by atoms with van der Waals surface area (Å²) in [5, 5.41) is 3.10. The summed E-state index contributed by atoms with van der Waals surface area (Å²) in [6.45, 7) is 3.74. The Hall–Kier alpha value is -1.65. The van der Waals surface area contributed by atoms with E-state index in [1.54, 1.807) is 13.1 Å². The number of aryl methyl sites for hydroxylation is 2. The van der Waals surface area contributed by atoms with E-state index >= 15 is 0 Å². The third-order valence-electron chi connectivity index (χ3n) is 3.62. The van der Waals surface area contributed by atoms with Crippen LogP contribution in [0.2, 0.25) is 0 Å². The Morgan fingerprint density at radius 2 is 1.71 bits per heavy atom. The molecule has 0 heterocycles. The zero-order chi connectivity index (χ0) is 15.5. The maximum Gasteiger partial charge on any atom is 0.180 e. The first-order valence-corrected chi connectivity index (χ1v) is 8.61. The van der Waals surface area contributed by atoms with E-state index in [0.717, 1.165) is 16.7 Å². The molecule has 0 aliphatic heterocycles. The van der Waals surface area contributed by atoms with Crippen molar-refractivity contribution in [3.05, 3.63) is 65.2 Å². The summed E-state index contributed by atoms with van der Waals surface area (Å²) in [5.41, 5.74) is 2.73. The molecule has 0 fully saturated rings. The quantitative estimate of drug-likeness (QED) is 0.923. The first kappa shape index (κ1) is 15.7. The average molecular weight is 303 g/mol. The molecule has 21 heavy (non-hydrogen) atoms. The van der Waals surface area contributed by atoms with Crippen LogP contribution in [0, 0.1) is 13.8 Å². The predicted octanol–water partition coefficient (Wildman–Crippen LogP) is 3.04. The van der Waals surface area contributed by atoms with E-state index in [4.69, 9.17) is 0 Å². The van der Waals surface area contributed by atoms with Gasteiger partial charge in [-0.2, -0.15) is 0 Å². The van der Waals surface area contributed by atoms with Crippen LogP contribution in [-0.2, 0) is 9.84 Å². The second kappa shape index (κ2) is 6.41. The van der Waals surface area contributed by atoms with Crippen molar-refractivity contribution < 1.29 is 8.42 Å². The number of benzene rings is 2. The Morgan fingerprint density at radius 3 is 2.33 bits per heavy atom. The summed E-state index contributed by atoms with van der Waals surface area (Å²) in [7, 11) is -1.55. The van der Waals surface area contributed by atoms with Crippen molar-refractivity contribution >= 4 is 9.84 Å². The Bertz CT molecular complexity index is 709. The lowest BCUT2D eigenvalue weighted by Gasteiger charge is -2.18. The van der Waals surface area contributed by atoms with Gasteiger partial charge >= 0.3 is 0 Å². The SMILES string of the molecule is CNC(CS(=O)(=O)c1cc(C)ccc1C)c1ccccc1. The molecular formula is C17H21NO2S. The molecule has 0 bridgehead atoms. The molecule has 1 atom stereocenters. The monoisotopic (exact) mass is 303 g/mol. The molecule has 4 heteroatoms. The summed E-state index contributed by atoms with van der Waals surface area (Å²) in [6, 6.07) is 15.0. The van der Waals surface area contributed by atoms with E-state index in [1.807, 2.05) is 56.3 Å². The highest BCUT2D eigenvalue weighted by atomic mass is 32.2. The van der Waals surface area contributed by atoms with Gasteiger partial charge in [-0.05, 0) is 43.7 Å². The summed E-state index contributed by atoms with van der Waals surface area (Å²) >= 11 is 0. The van der Waals surface area contributed by atoms with Gasteiger partial charge in [-0.3, -0.25) is 0 Å². The van der Waals surface area contributed by atoms with Gasteiger partial charge in [-0.1, -0.05) is 42.5 Å². The number of hydrogen-bond donors (Lipinski definition) is 1. The first-order valence-electron chi connectivity index (χ1n) is 6.96. The van der Waals surface area contributed by atoms with Crippen molar-refractivity contribution in [3.8, 4) is 0 Å². The molecule has 1 unspecified atom stereocenters. The molecule has 0 saturated heterocycles. The van der Waals surface area contributed by atoms with Gasteiger partial charge in [-0.25, -0.2) is 8.42 Å². The van der Waals surface area contributed by atoms with Gasteiger partial charge in [-0.15, -0.1) is 0 Å². The van der Waals surface area contributed by atoms with Crippen LogP contribution in [0.15, 0.2) is 53.4 Å². The smallest absolute Gasteiger partial charge is 0.180 e.